The van der Waals surface area contributed by atoms with Gasteiger partial charge in [-0.05, 0) is 24.0 Å². The van der Waals surface area contributed by atoms with Gasteiger partial charge in [0.05, 0.1) is 12.3 Å². The van der Waals surface area contributed by atoms with Crippen LogP contribution in [0.15, 0.2) is 24.3 Å². The quantitative estimate of drug-likeness (QED) is 0.855. The van der Waals surface area contributed by atoms with Gasteiger partial charge in [0.1, 0.15) is 0 Å². The molecule has 1 aromatic rings. The van der Waals surface area contributed by atoms with Crippen LogP contribution >= 0.6 is 0 Å². The van der Waals surface area contributed by atoms with Crippen LogP contribution in [-0.4, -0.2) is 36.9 Å². The van der Waals surface area contributed by atoms with E-state index in [1.807, 2.05) is 24.3 Å². The lowest BCUT2D eigenvalue weighted by atomic mass is 9.96. The Kier molecular flexibility index (Phi) is 5.33. The fourth-order valence-corrected chi connectivity index (χ4v) is 2.70. The van der Waals surface area contributed by atoms with Crippen molar-refractivity contribution in [2.75, 3.05) is 20.1 Å². The highest BCUT2D eigenvalue weighted by atomic mass is 16.2. The Hall–Kier alpha value is -1.88. The van der Waals surface area contributed by atoms with E-state index in [1.54, 1.807) is 11.9 Å². The number of amides is 2. The number of carbonyl (C=O) groups excluding carboxylic acids is 2. The highest BCUT2D eigenvalue weighted by Crippen LogP contribution is 2.18. The zero-order valence-corrected chi connectivity index (χ0v) is 12.5. The number of piperidine rings is 1. The highest BCUT2D eigenvalue weighted by molar-refractivity contribution is 5.82. The Morgan fingerprint density at radius 3 is 2.57 bits per heavy atom. The lowest BCUT2D eigenvalue weighted by Gasteiger charge is -2.32. The van der Waals surface area contributed by atoms with E-state index in [1.165, 1.54) is 0 Å². The minimum Gasteiger partial charge on any atom is -0.359 e. The summed E-state index contributed by atoms with van der Waals surface area (Å²) in [4.78, 5) is 25.9. The maximum absolute atomic E-state index is 12.3. The van der Waals surface area contributed by atoms with Crippen molar-refractivity contribution in [3.05, 3.63) is 35.4 Å². The number of nitrogens with one attached hydrogen (secondary N) is 1. The van der Waals surface area contributed by atoms with Crippen LogP contribution in [-0.2, 0) is 22.6 Å². The number of benzene rings is 1. The molecule has 114 valence electrons. The number of hydrogen-bond acceptors (Lipinski definition) is 3. The average Bonchev–Trinajstić information content (AvgIpc) is 2.55. The normalized spacial score (nSPS) is 18.4. The van der Waals surface area contributed by atoms with Gasteiger partial charge in [0.2, 0.25) is 11.8 Å². The van der Waals surface area contributed by atoms with Crippen molar-refractivity contribution in [1.82, 2.24) is 10.2 Å². The number of nitrogens with zero attached hydrogens (tertiary/aromatic N) is 1. The molecule has 1 heterocycles. The number of likely N-dealkylation sites (tertiary alicyclic amines) is 1. The maximum atomic E-state index is 12.3. The molecule has 1 saturated heterocycles. The molecule has 2 amide bonds. The van der Waals surface area contributed by atoms with Gasteiger partial charge in [-0.2, -0.15) is 0 Å². The van der Waals surface area contributed by atoms with Crippen LogP contribution in [0.2, 0.25) is 0 Å². The molecular weight excluding hydrogens is 266 g/mol. The van der Waals surface area contributed by atoms with Crippen molar-refractivity contribution >= 4 is 11.8 Å². The van der Waals surface area contributed by atoms with Gasteiger partial charge in [-0.25, -0.2) is 0 Å². The standard InChI is InChI=1S/C16H23N3O2/c1-18-16(21)14-3-2-8-19(11-14)15(20)9-12-4-6-13(10-17)7-5-12/h4-7,14H,2-3,8-11,17H2,1H3,(H,18,21). The Labute approximate surface area is 125 Å². The fraction of sp³-hybridized carbons (Fsp3) is 0.500. The van der Waals surface area contributed by atoms with E-state index in [-0.39, 0.29) is 17.7 Å². The van der Waals surface area contributed by atoms with Crippen molar-refractivity contribution < 1.29 is 9.59 Å². The van der Waals surface area contributed by atoms with Gasteiger partial charge in [0.15, 0.2) is 0 Å². The molecule has 3 N–H and O–H groups in total. The predicted molar refractivity (Wildman–Crippen MR) is 81.4 cm³/mol. The molecule has 0 spiro atoms. The van der Waals surface area contributed by atoms with Crippen LogP contribution in [0.3, 0.4) is 0 Å². The molecule has 5 heteroatoms. The molecule has 0 radical (unpaired) electrons. The molecule has 0 bridgehead atoms. The summed E-state index contributed by atoms with van der Waals surface area (Å²) >= 11 is 0. The summed E-state index contributed by atoms with van der Waals surface area (Å²) in [6, 6.07) is 7.79. The van der Waals surface area contributed by atoms with Crippen LogP contribution in [0.25, 0.3) is 0 Å². The van der Waals surface area contributed by atoms with Crippen molar-refractivity contribution in [1.29, 1.82) is 0 Å². The van der Waals surface area contributed by atoms with E-state index in [4.69, 9.17) is 5.73 Å². The number of hydrogen-bond donors (Lipinski definition) is 2. The van der Waals surface area contributed by atoms with Crippen molar-refractivity contribution in [3.63, 3.8) is 0 Å². The number of rotatable bonds is 4. The van der Waals surface area contributed by atoms with E-state index < -0.39 is 0 Å². The van der Waals surface area contributed by atoms with Gasteiger partial charge in [-0.15, -0.1) is 0 Å². The van der Waals surface area contributed by atoms with Gasteiger partial charge in [-0.1, -0.05) is 24.3 Å². The third kappa shape index (κ3) is 4.04. The first-order valence-corrected chi connectivity index (χ1v) is 7.41. The molecule has 2 rings (SSSR count). The largest absolute Gasteiger partial charge is 0.359 e. The second-order valence-electron chi connectivity index (χ2n) is 5.49. The topological polar surface area (TPSA) is 75.4 Å². The summed E-state index contributed by atoms with van der Waals surface area (Å²) in [6.07, 6.45) is 2.12. The smallest absolute Gasteiger partial charge is 0.227 e. The Balaban J connectivity index is 1.94. The van der Waals surface area contributed by atoms with Gasteiger partial charge in [0.25, 0.3) is 0 Å². The molecule has 1 fully saturated rings. The first kappa shape index (κ1) is 15.5. The van der Waals surface area contributed by atoms with Crippen LogP contribution in [0.5, 0.6) is 0 Å². The average molecular weight is 289 g/mol. The molecule has 1 atom stereocenters. The lowest BCUT2D eigenvalue weighted by molar-refractivity contribution is -0.135. The monoisotopic (exact) mass is 289 g/mol. The fourth-order valence-electron chi connectivity index (χ4n) is 2.70. The van der Waals surface area contributed by atoms with E-state index in [0.717, 1.165) is 30.5 Å². The minimum absolute atomic E-state index is 0.0276. The molecule has 1 aromatic carbocycles. The van der Waals surface area contributed by atoms with Crippen LogP contribution in [0, 0.1) is 5.92 Å². The van der Waals surface area contributed by atoms with Crippen molar-refractivity contribution in [2.45, 2.75) is 25.8 Å². The van der Waals surface area contributed by atoms with E-state index in [0.29, 0.717) is 19.5 Å². The number of nitrogens with two attached hydrogens (primary N) is 1. The second-order valence-corrected chi connectivity index (χ2v) is 5.49. The summed E-state index contributed by atoms with van der Waals surface area (Å²) in [7, 11) is 1.64. The molecular formula is C16H23N3O2. The highest BCUT2D eigenvalue weighted by Gasteiger charge is 2.27. The maximum Gasteiger partial charge on any atom is 0.227 e. The third-order valence-electron chi connectivity index (χ3n) is 4.01. The SMILES string of the molecule is CNC(=O)C1CCCN(C(=O)Cc2ccc(CN)cc2)C1. The summed E-state index contributed by atoms with van der Waals surface area (Å²) in [5.41, 5.74) is 7.61. The van der Waals surface area contributed by atoms with E-state index in [9.17, 15) is 9.59 Å². The molecule has 1 unspecified atom stereocenters. The molecule has 1 aliphatic rings. The minimum atomic E-state index is -0.0766. The lowest BCUT2D eigenvalue weighted by Crippen LogP contribution is -2.45. The molecule has 5 nitrogen and oxygen atoms in total. The molecule has 21 heavy (non-hydrogen) atoms. The summed E-state index contributed by atoms with van der Waals surface area (Å²) in [5, 5.41) is 2.67. The van der Waals surface area contributed by atoms with Gasteiger partial charge in [-0.3, -0.25) is 9.59 Å². The molecule has 0 aliphatic carbocycles. The van der Waals surface area contributed by atoms with Gasteiger partial charge >= 0.3 is 0 Å². The predicted octanol–water partition coefficient (Wildman–Crippen LogP) is 0.672. The van der Waals surface area contributed by atoms with Gasteiger partial charge < -0.3 is 16.0 Å². The zero-order valence-electron chi connectivity index (χ0n) is 12.5. The summed E-state index contributed by atoms with van der Waals surface area (Å²) < 4.78 is 0. The van der Waals surface area contributed by atoms with Gasteiger partial charge in [0, 0.05) is 26.7 Å². The van der Waals surface area contributed by atoms with Crippen molar-refractivity contribution in [2.24, 2.45) is 11.7 Å². The molecule has 1 aliphatic heterocycles. The Morgan fingerprint density at radius 2 is 1.95 bits per heavy atom. The van der Waals surface area contributed by atoms with E-state index in [2.05, 4.69) is 5.32 Å². The second kappa shape index (κ2) is 7.22. The zero-order chi connectivity index (χ0) is 15.2. The third-order valence-corrected chi connectivity index (χ3v) is 4.01. The van der Waals surface area contributed by atoms with Crippen LogP contribution in [0.4, 0.5) is 0 Å². The summed E-state index contributed by atoms with van der Waals surface area (Å²) in [6.45, 7) is 1.78. The molecule has 0 aromatic heterocycles. The summed E-state index contributed by atoms with van der Waals surface area (Å²) in [5.74, 6) is 0.0382. The Bertz CT molecular complexity index is 499. The molecule has 0 saturated carbocycles. The Morgan fingerprint density at radius 1 is 1.29 bits per heavy atom. The van der Waals surface area contributed by atoms with Crippen LogP contribution in [0.1, 0.15) is 24.0 Å². The first-order chi connectivity index (χ1) is 10.1. The van der Waals surface area contributed by atoms with Crippen LogP contribution < -0.4 is 11.1 Å². The first-order valence-electron chi connectivity index (χ1n) is 7.41. The van der Waals surface area contributed by atoms with Crippen molar-refractivity contribution in [3.8, 4) is 0 Å². The van der Waals surface area contributed by atoms with E-state index >= 15 is 0 Å². The number of carbonyl (C=O) groups is 2.